The summed E-state index contributed by atoms with van der Waals surface area (Å²) in [5.74, 6) is -0.130. The summed E-state index contributed by atoms with van der Waals surface area (Å²) < 4.78 is 27.4. The van der Waals surface area contributed by atoms with E-state index in [9.17, 15) is 18.0 Å². The molecule has 1 atom stereocenters. The molecule has 1 aromatic heterocycles. The molecule has 0 aliphatic carbocycles. The first-order valence-electron chi connectivity index (χ1n) is 10.7. The number of carbonyl (C=O) groups is 2. The second-order valence-corrected chi connectivity index (χ2v) is 10.9. The van der Waals surface area contributed by atoms with Crippen molar-refractivity contribution in [2.75, 3.05) is 58.9 Å². The molecule has 1 aromatic rings. The van der Waals surface area contributed by atoms with Crippen LogP contribution in [0.5, 0.6) is 0 Å². The summed E-state index contributed by atoms with van der Waals surface area (Å²) in [7, 11) is -3.52. The van der Waals surface area contributed by atoms with Crippen molar-refractivity contribution in [3.63, 3.8) is 0 Å². The average Bonchev–Trinajstić information content (AvgIpc) is 3.31. The second kappa shape index (κ2) is 10.2. The number of rotatable bonds is 7. The first kappa shape index (κ1) is 23.2. The predicted octanol–water partition coefficient (Wildman–Crippen LogP) is 1.16. The molecule has 2 saturated heterocycles. The highest BCUT2D eigenvalue weighted by molar-refractivity contribution is 7.91. The molecule has 10 heteroatoms. The molecule has 3 heterocycles. The van der Waals surface area contributed by atoms with Gasteiger partial charge in [0, 0.05) is 52.4 Å². The van der Waals surface area contributed by atoms with Gasteiger partial charge >= 0.3 is 0 Å². The number of carbonyl (C=O) groups excluding carboxylic acids is 2. The molecule has 1 unspecified atom stereocenters. The predicted molar refractivity (Wildman–Crippen MR) is 117 cm³/mol. The molecule has 2 aliphatic rings. The molecular formula is C20H32N4O4S2. The van der Waals surface area contributed by atoms with Gasteiger partial charge in [0.15, 0.2) is 0 Å². The number of likely N-dealkylation sites (N-methyl/N-ethyl adjacent to an activating group) is 1. The smallest absolute Gasteiger partial charge is 0.252 e. The van der Waals surface area contributed by atoms with Crippen LogP contribution in [0.3, 0.4) is 0 Å². The average molecular weight is 457 g/mol. The lowest BCUT2D eigenvalue weighted by Crippen LogP contribution is -2.54. The van der Waals surface area contributed by atoms with Gasteiger partial charge in [0.05, 0.1) is 12.5 Å². The summed E-state index contributed by atoms with van der Waals surface area (Å²) in [5, 5.41) is 1.75. The highest BCUT2D eigenvalue weighted by Crippen LogP contribution is 2.27. The van der Waals surface area contributed by atoms with E-state index in [1.54, 1.807) is 17.5 Å². The van der Waals surface area contributed by atoms with E-state index in [1.807, 2.05) is 23.6 Å². The van der Waals surface area contributed by atoms with E-state index < -0.39 is 10.0 Å². The summed E-state index contributed by atoms with van der Waals surface area (Å²) in [6, 6.07) is 3.35. The fraction of sp³-hybridized carbons (Fsp3) is 0.700. The van der Waals surface area contributed by atoms with E-state index in [0.717, 1.165) is 6.42 Å². The minimum atomic E-state index is -3.52. The largest absolute Gasteiger partial charge is 0.342 e. The lowest BCUT2D eigenvalue weighted by atomic mass is 9.98. The lowest BCUT2D eigenvalue weighted by molar-refractivity contribution is -0.139. The molecule has 2 aliphatic heterocycles. The lowest BCUT2D eigenvalue weighted by Gasteiger charge is -2.38. The van der Waals surface area contributed by atoms with Gasteiger partial charge in [0.25, 0.3) is 10.0 Å². The maximum absolute atomic E-state index is 13.1. The van der Waals surface area contributed by atoms with Crippen LogP contribution in [0.1, 0.15) is 26.7 Å². The topological polar surface area (TPSA) is 81.2 Å². The molecule has 0 saturated carbocycles. The number of piperazine rings is 1. The van der Waals surface area contributed by atoms with Crippen LogP contribution >= 0.6 is 11.3 Å². The van der Waals surface area contributed by atoms with Crippen LogP contribution in [0.2, 0.25) is 0 Å². The zero-order chi connectivity index (χ0) is 21.7. The van der Waals surface area contributed by atoms with Gasteiger partial charge in [-0.3, -0.25) is 14.5 Å². The summed E-state index contributed by atoms with van der Waals surface area (Å²) in [4.78, 5) is 31.1. The Bertz CT molecular complexity index is 816. The third-order valence-corrected chi connectivity index (χ3v) is 9.22. The quantitative estimate of drug-likeness (QED) is 0.615. The third kappa shape index (κ3) is 5.22. The van der Waals surface area contributed by atoms with Crippen LogP contribution in [0.15, 0.2) is 21.7 Å². The van der Waals surface area contributed by atoms with Gasteiger partial charge in [-0.2, -0.15) is 4.31 Å². The Hall–Kier alpha value is -1.49. The number of thiophene rings is 1. The summed E-state index contributed by atoms with van der Waals surface area (Å²) in [6.07, 6.45) is 1.41. The number of piperidine rings is 1. The van der Waals surface area contributed by atoms with Gasteiger partial charge in [-0.25, -0.2) is 8.42 Å². The van der Waals surface area contributed by atoms with E-state index in [0.29, 0.717) is 63.0 Å². The molecule has 0 radical (unpaired) electrons. The van der Waals surface area contributed by atoms with Gasteiger partial charge in [-0.05, 0) is 38.1 Å². The monoisotopic (exact) mass is 456 g/mol. The molecule has 168 valence electrons. The first-order chi connectivity index (χ1) is 14.4. The van der Waals surface area contributed by atoms with Crippen molar-refractivity contribution in [2.45, 2.75) is 30.9 Å². The zero-order valence-electron chi connectivity index (χ0n) is 17.8. The SMILES string of the molecule is CCN(CC)C(=O)CN1CCN(C(=O)C2CCCN(S(=O)(=O)c3cccs3)C2)CC1. The molecule has 0 bridgehead atoms. The Morgan fingerprint density at radius 2 is 1.83 bits per heavy atom. The van der Waals surface area contributed by atoms with Crippen LogP contribution in [-0.2, 0) is 19.6 Å². The van der Waals surface area contributed by atoms with Crippen LogP contribution in [0, 0.1) is 5.92 Å². The molecule has 8 nitrogen and oxygen atoms in total. The number of hydrogen-bond acceptors (Lipinski definition) is 6. The molecule has 2 fully saturated rings. The maximum Gasteiger partial charge on any atom is 0.252 e. The van der Waals surface area contributed by atoms with Crippen molar-refractivity contribution in [1.82, 2.24) is 19.0 Å². The van der Waals surface area contributed by atoms with Crippen LogP contribution < -0.4 is 0 Å². The fourth-order valence-electron chi connectivity index (χ4n) is 4.15. The van der Waals surface area contributed by atoms with Crippen LogP contribution in [-0.4, -0.2) is 98.1 Å². The molecule has 0 aromatic carbocycles. The van der Waals surface area contributed by atoms with E-state index in [1.165, 1.54) is 15.6 Å². The van der Waals surface area contributed by atoms with Gasteiger partial charge in [0.1, 0.15) is 4.21 Å². The van der Waals surface area contributed by atoms with Crippen molar-refractivity contribution >= 4 is 33.2 Å². The van der Waals surface area contributed by atoms with Crippen molar-refractivity contribution < 1.29 is 18.0 Å². The molecule has 2 amide bonds. The molecule has 0 spiro atoms. The Morgan fingerprint density at radius 3 is 2.43 bits per heavy atom. The highest BCUT2D eigenvalue weighted by atomic mass is 32.2. The Labute approximate surface area is 183 Å². The zero-order valence-corrected chi connectivity index (χ0v) is 19.5. The minimum Gasteiger partial charge on any atom is -0.342 e. The Morgan fingerprint density at radius 1 is 1.13 bits per heavy atom. The number of amides is 2. The van der Waals surface area contributed by atoms with Crippen molar-refractivity contribution in [1.29, 1.82) is 0 Å². The number of sulfonamides is 1. The maximum atomic E-state index is 13.1. The fourth-order valence-corrected chi connectivity index (χ4v) is 6.82. The Kier molecular flexibility index (Phi) is 7.89. The van der Waals surface area contributed by atoms with E-state index >= 15 is 0 Å². The molecule has 30 heavy (non-hydrogen) atoms. The second-order valence-electron chi connectivity index (χ2n) is 7.80. The first-order valence-corrected chi connectivity index (χ1v) is 13.0. The van der Waals surface area contributed by atoms with E-state index in [-0.39, 0.29) is 24.3 Å². The third-order valence-electron chi connectivity index (χ3n) is 5.98. The molecular weight excluding hydrogens is 424 g/mol. The van der Waals surface area contributed by atoms with Gasteiger partial charge in [-0.15, -0.1) is 11.3 Å². The van der Waals surface area contributed by atoms with Crippen LogP contribution in [0.4, 0.5) is 0 Å². The highest BCUT2D eigenvalue weighted by Gasteiger charge is 2.36. The van der Waals surface area contributed by atoms with Gasteiger partial charge in [-0.1, -0.05) is 6.07 Å². The van der Waals surface area contributed by atoms with Gasteiger partial charge in [0.2, 0.25) is 11.8 Å². The molecule has 3 rings (SSSR count). The van der Waals surface area contributed by atoms with Crippen molar-refractivity contribution in [3.8, 4) is 0 Å². The summed E-state index contributed by atoms with van der Waals surface area (Å²) in [5.41, 5.74) is 0. The number of hydrogen-bond donors (Lipinski definition) is 0. The normalized spacial score (nSPS) is 21.5. The van der Waals surface area contributed by atoms with Crippen molar-refractivity contribution in [2.24, 2.45) is 5.92 Å². The standard InChI is InChI=1S/C20H32N4O4S2/c1-3-22(4-2)18(25)16-21-10-12-23(13-11-21)20(26)17-7-5-9-24(15-17)30(27,28)19-8-6-14-29-19/h6,8,14,17H,3-5,7,9-13,15-16H2,1-2H3. The van der Waals surface area contributed by atoms with Gasteiger partial charge < -0.3 is 9.80 Å². The van der Waals surface area contributed by atoms with Crippen LogP contribution in [0.25, 0.3) is 0 Å². The van der Waals surface area contributed by atoms with E-state index in [2.05, 4.69) is 4.90 Å². The Balaban J connectivity index is 1.53. The number of nitrogens with zero attached hydrogens (tertiary/aromatic N) is 4. The summed E-state index contributed by atoms with van der Waals surface area (Å²) in [6.45, 7) is 8.97. The van der Waals surface area contributed by atoms with Crippen molar-refractivity contribution in [3.05, 3.63) is 17.5 Å². The molecule has 0 N–H and O–H groups in total. The minimum absolute atomic E-state index is 0.0378. The van der Waals surface area contributed by atoms with E-state index in [4.69, 9.17) is 0 Å². The summed E-state index contributed by atoms with van der Waals surface area (Å²) >= 11 is 1.21.